The molecule has 0 atom stereocenters. The Kier molecular flexibility index (Phi) is 2.87. The molecule has 2 aromatic rings. The van der Waals surface area contributed by atoms with Crippen LogP contribution in [0.3, 0.4) is 0 Å². The van der Waals surface area contributed by atoms with Crippen molar-refractivity contribution in [1.29, 1.82) is 0 Å². The number of rotatable bonds is 4. The average Bonchev–Trinajstić information content (AvgIpc) is 2.84. The van der Waals surface area contributed by atoms with Gasteiger partial charge in [-0.15, -0.1) is 0 Å². The van der Waals surface area contributed by atoms with Crippen molar-refractivity contribution in [2.24, 2.45) is 0 Å². The van der Waals surface area contributed by atoms with Crippen molar-refractivity contribution in [3.63, 3.8) is 0 Å². The lowest BCUT2D eigenvalue weighted by molar-refractivity contribution is 0.512. The van der Waals surface area contributed by atoms with E-state index < -0.39 is 0 Å². The van der Waals surface area contributed by atoms with E-state index in [0.29, 0.717) is 12.4 Å². The van der Waals surface area contributed by atoms with Gasteiger partial charge in [0.25, 0.3) is 0 Å². The fourth-order valence-corrected chi connectivity index (χ4v) is 1.50. The van der Waals surface area contributed by atoms with Crippen LogP contribution in [0, 0.1) is 0 Å². The maximum atomic E-state index is 5.39. The molecule has 15 heavy (non-hydrogen) atoms. The van der Waals surface area contributed by atoms with Gasteiger partial charge in [0.05, 0.1) is 17.5 Å². The Morgan fingerprint density at radius 2 is 2.27 bits per heavy atom. The molecule has 0 aliphatic carbocycles. The highest BCUT2D eigenvalue weighted by Gasteiger charge is 2.12. The van der Waals surface area contributed by atoms with Crippen molar-refractivity contribution in [3.8, 4) is 11.5 Å². The van der Waals surface area contributed by atoms with E-state index in [9.17, 15) is 0 Å². The third-order valence-electron chi connectivity index (χ3n) is 2.21. The van der Waals surface area contributed by atoms with Crippen LogP contribution in [0.15, 0.2) is 27.4 Å². The summed E-state index contributed by atoms with van der Waals surface area (Å²) in [5.41, 5.74) is 1.84. The van der Waals surface area contributed by atoms with Crippen LogP contribution in [0.25, 0.3) is 11.5 Å². The number of oxazole rings is 1. The molecule has 1 N–H and O–H groups in total. The third-order valence-corrected chi connectivity index (χ3v) is 2.21. The van der Waals surface area contributed by atoms with Crippen LogP contribution in [-0.2, 0) is 13.0 Å². The van der Waals surface area contributed by atoms with E-state index in [2.05, 4.69) is 10.3 Å². The Bertz CT molecular complexity index is 431. The number of nitrogens with one attached hydrogen (secondary N) is 1. The molecule has 0 bridgehead atoms. The molecule has 0 amide bonds. The van der Waals surface area contributed by atoms with Crippen molar-refractivity contribution in [3.05, 3.63) is 30.0 Å². The number of hydrogen-bond donors (Lipinski definition) is 1. The summed E-state index contributed by atoms with van der Waals surface area (Å²) in [7, 11) is 1.88. The fourth-order valence-electron chi connectivity index (χ4n) is 1.50. The SMILES string of the molecule is CCc1occc1-c1nc(CNC)co1. The van der Waals surface area contributed by atoms with Crippen LogP contribution in [0.4, 0.5) is 0 Å². The molecule has 0 aromatic carbocycles. The van der Waals surface area contributed by atoms with Gasteiger partial charge >= 0.3 is 0 Å². The Balaban J connectivity index is 2.28. The minimum absolute atomic E-state index is 0.630. The van der Waals surface area contributed by atoms with Gasteiger partial charge < -0.3 is 14.2 Å². The van der Waals surface area contributed by atoms with Crippen LogP contribution in [0.5, 0.6) is 0 Å². The minimum Gasteiger partial charge on any atom is -0.469 e. The second kappa shape index (κ2) is 4.31. The molecule has 0 radical (unpaired) electrons. The van der Waals surface area contributed by atoms with Gasteiger partial charge in [-0.25, -0.2) is 4.98 Å². The normalized spacial score (nSPS) is 10.8. The lowest BCUT2D eigenvalue weighted by atomic mass is 10.2. The zero-order chi connectivity index (χ0) is 10.7. The topological polar surface area (TPSA) is 51.2 Å². The van der Waals surface area contributed by atoms with Crippen molar-refractivity contribution in [1.82, 2.24) is 10.3 Å². The van der Waals surface area contributed by atoms with Gasteiger partial charge in [-0.1, -0.05) is 6.92 Å². The van der Waals surface area contributed by atoms with Crippen LogP contribution in [-0.4, -0.2) is 12.0 Å². The highest BCUT2D eigenvalue weighted by atomic mass is 16.4. The number of aryl methyl sites for hydroxylation is 1. The summed E-state index contributed by atoms with van der Waals surface area (Å²) < 4.78 is 10.7. The molecule has 80 valence electrons. The minimum atomic E-state index is 0.630. The van der Waals surface area contributed by atoms with Gasteiger partial charge in [0, 0.05) is 13.0 Å². The molecule has 0 aliphatic rings. The Morgan fingerprint density at radius 3 is 3.00 bits per heavy atom. The Labute approximate surface area is 88.3 Å². The second-order valence-corrected chi connectivity index (χ2v) is 3.29. The summed E-state index contributed by atoms with van der Waals surface area (Å²) in [6, 6.07) is 1.88. The molecule has 0 fully saturated rings. The molecule has 0 aliphatic heterocycles. The molecule has 0 saturated carbocycles. The summed E-state index contributed by atoms with van der Waals surface area (Å²) in [5, 5.41) is 3.03. The molecule has 0 saturated heterocycles. The van der Waals surface area contributed by atoms with E-state index in [1.165, 1.54) is 0 Å². The zero-order valence-electron chi connectivity index (χ0n) is 8.91. The van der Waals surface area contributed by atoms with E-state index >= 15 is 0 Å². The monoisotopic (exact) mass is 206 g/mol. The summed E-state index contributed by atoms with van der Waals surface area (Å²) in [6.45, 7) is 2.75. The highest BCUT2D eigenvalue weighted by Crippen LogP contribution is 2.24. The number of hydrogen-bond acceptors (Lipinski definition) is 4. The summed E-state index contributed by atoms with van der Waals surface area (Å²) in [4.78, 5) is 4.36. The van der Waals surface area contributed by atoms with Gasteiger partial charge in [-0.05, 0) is 13.1 Å². The lowest BCUT2D eigenvalue weighted by Gasteiger charge is -1.93. The predicted octanol–water partition coefficient (Wildman–Crippen LogP) is 2.22. The van der Waals surface area contributed by atoms with Crippen LogP contribution >= 0.6 is 0 Å². The summed E-state index contributed by atoms with van der Waals surface area (Å²) in [6.07, 6.45) is 4.17. The number of furan rings is 1. The lowest BCUT2D eigenvalue weighted by Crippen LogP contribution is -2.04. The molecular formula is C11H14N2O2. The van der Waals surface area contributed by atoms with Gasteiger partial charge in [0.15, 0.2) is 0 Å². The molecule has 2 heterocycles. The Hall–Kier alpha value is -1.55. The Morgan fingerprint density at radius 1 is 1.40 bits per heavy atom. The van der Waals surface area contributed by atoms with Crippen LogP contribution < -0.4 is 5.32 Å². The van der Waals surface area contributed by atoms with Gasteiger partial charge in [0.2, 0.25) is 5.89 Å². The van der Waals surface area contributed by atoms with Gasteiger partial charge in [0.1, 0.15) is 12.0 Å². The average molecular weight is 206 g/mol. The van der Waals surface area contributed by atoms with Crippen molar-refractivity contribution < 1.29 is 8.83 Å². The second-order valence-electron chi connectivity index (χ2n) is 3.29. The van der Waals surface area contributed by atoms with E-state index in [4.69, 9.17) is 8.83 Å². The molecule has 0 unspecified atom stereocenters. The predicted molar refractivity (Wildman–Crippen MR) is 56.3 cm³/mol. The van der Waals surface area contributed by atoms with Crippen LogP contribution in [0.2, 0.25) is 0 Å². The molecule has 4 heteroatoms. The van der Waals surface area contributed by atoms with E-state index in [0.717, 1.165) is 23.4 Å². The van der Waals surface area contributed by atoms with Crippen molar-refractivity contribution >= 4 is 0 Å². The summed E-state index contributed by atoms with van der Waals surface area (Å²) in [5.74, 6) is 1.54. The maximum absolute atomic E-state index is 5.39. The van der Waals surface area contributed by atoms with Crippen LogP contribution in [0.1, 0.15) is 18.4 Å². The summed E-state index contributed by atoms with van der Waals surface area (Å²) >= 11 is 0. The molecule has 4 nitrogen and oxygen atoms in total. The molecular weight excluding hydrogens is 192 g/mol. The first-order chi connectivity index (χ1) is 7.35. The van der Waals surface area contributed by atoms with Gasteiger partial charge in [-0.2, -0.15) is 0 Å². The first-order valence-electron chi connectivity index (χ1n) is 5.01. The molecule has 2 rings (SSSR count). The largest absolute Gasteiger partial charge is 0.469 e. The van der Waals surface area contributed by atoms with E-state index in [1.54, 1.807) is 12.5 Å². The third kappa shape index (κ3) is 1.94. The molecule has 0 spiro atoms. The first kappa shape index (κ1) is 9.98. The van der Waals surface area contributed by atoms with Crippen molar-refractivity contribution in [2.45, 2.75) is 19.9 Å². The van der Waals surface area contributed by atoms with E-state index in [1.807, 2.05) is 20.0 Å². The standard InChI is InChI=1S/C11H14N2O2/c1-3-10-9(4-5-14-10)11-13-8(6-12-2)7-15-11/h4-5,7,12H,3,6H2,1-2H3. The highest BCUT2D eigenvalue weighted by molar-refractivity contribution is 5.55. The smallest absolute Gasteiger partial charge is 0.229 e. The first-order valence-corrected chi connectivity index (χ1v) is 5.01. The fraction of sp³-hybridized carbons (Fsp3) is 0.364. The number of nitrogens with zero attached hydrogens (tertiary/aromatic N) is 1. The molecule has 2 aromatic heterocycles. The van der Waals surface area contributed by atoms with Crippen molar-refractivity contribution in [2.75, 3.05) is 7.05 Å². The quantitative estimate of drug-likeness (QED) is 0.833. The number of aromatic nitrogens is 1. The van der Waals surface area contributed by atoms with E-state index in [-0.39, 0.29) is 0 Å². The van der Waals surface area contributed by atoms with Gasteiger partial charge in [-0.3, -0.25) is 0 Å². The zero-order valence-corrected chi connectivity index (χ0v) is 8.91. The maximum Gasteiger partial charge on any atom is 0.229 e.